The Morgan fingerprint density at radius 1 is 0.633 bits per heavy atom. The molecule has 150 valence electrons. The molecule has 0 saturated carbocycles. The van der Waals surface area contributed by atoms with E-state index < -0.39 is 8.07 Å². The Morgan fingerprint density at radius 2 is 1.07 bits per heavy atom. The van der Waals surface area contributed by atoms with Crippen LogP contribution in [0.25, 0.3) is 0 Å². The van der Waals surface area contributed by atoms with Crippen molar-refractivity contribution in [2.75, 3.05) is 0 Å². The predicted molar refractivity (Wildman–Crippen MR) is 131 cm³/mol. The Balaban J connectivity index is 1.82. The maximum Gasteiger partial charge on any atom is 0.148 e. The number of nitrogens with zero attached hydrogens (tertiary/aromatic N) is 1. The highest BCUT2D eigenvalue weighted by Gasteiger charge is 2.39. The summed E-state index contributed by atoms with van der Waals surface area (Å²) in [6.07, 6.45) is 6.17. The molecule has 30 heavy (non-hydrogen) atoms. The van der Waals surface area contributed by atoms with Crippen LogP contribution in [0, 0.1) is 0 Å². The van der Waals surface area contributed by atoms with Crippen LogP contribution < -0.4 is 15.6 Å². The van der Waals surface area contributed by atoms with E-state index in [0.29, 0.717) is 5.92 Å². The van der Waals surface area contributed by atoms with Gasteiger partial charge in [0.15, 0.2) is 0 Å². The van der Waals surface area contributed by atoms with E-state index in [0.717, 1.165) is 6.42 Å². The molecule has 0 amide bonds. The van der Waals surface area contributed by atoms with Gasteiger partial charge in [0.2, 0.25) is 0 Å². The summed E-state index contributed by atoms with van der Waals surface area (Å²) < 4.78 is 0. The van der Waals surface area contributed by atoms with Crippen molar-refractivity contribution in [1.29, 1.82) is 0 Å². The van der Waals surface area contributed by atoms with Crippen molar-refractivity contribution in [3.05, 3.63) is 121 Å². The highest BCUT2D eigenvalue weighted by atomic mass is 28.3. The van der Waals surface area contributed by atoms with Crippen LogP contribution >= 0.6 is 0 Å². The standard InChI is InChI=1S/C28H29NSi/c1-2-24(25-18-21-29-22-19-25)20-23-30(26-12-6-3-7-13-26,27-14-8-4-9-15-27)28-16-10-5-11-17-28/h3-19,21-22,24H,2,20,23H2,1H3. The molecule has 1 heterocycles. The van der Waals surface area contributed by atoms with Gasteiger partial charge in [0.1, 0.15) is 8.07 Å². The lowest BCUT2D eigenvalue weighted by Crippen LogP contribution is -2.67. The van der Waals surface area contributed by atoms with Gasteiger partial charge in [-0.1, -0.05) is 97.9 Å². The van der Waals surface area contributed by atoms with E-state index in [2.05, 4.69) is 115 Å². The molecule has 1 aromatic heterocycles. The van der Waals surface area contributed by atoms with Gasteiger partial charge in [-0.25, -0.2) is 0 Å². The van der Waals surface area contributed by atoms with Crippen LogP contribution in [0.5, 0.6) is 0 Å². The SMILES string of the molecule is CCC(CC[Si](c1ccccc1)(c1ccccc1)c1ccccc1)c1ccncc1. The topological polar surface area (TPSA) is 12.9 Å². The summed E-state index contributed by atoms with van der Waals surface area (Å²) in [5, 5.41) is 4.48. The normalized spacial score (nSPS) is 12.4. The van der Waals surface area contributed by atoms with Gasteiger partial charge in [-0.05, 0) is 58.1 Å². The maximum atomic E-state index is 4.22. The molecular formula is C28H29NSi. The lowest BCUT2D eigenvalue weighted by molar-refractivity contribution is 0.637. The van der Waals surface area contributed by atoms with E-state index in [-0.39, 0.29) is 0 Å². The third kappa shape index (κ3) is 4.15. The van der Waals surface area contributed by atoms with Crippen molar-refractivity contribution >= 4 is 23.6 Å². The second-order valence-electron chi connectivity index (χ2n) is 7.93. The second-order valence-corrected chi connectivity index (χ2v) is 12.0. The van der Waals surface area contributed by atoms with Gasteiger partial charge in [0, 0.05) is 12.4 Å². The molecule has 0 aliphatic rings. The number of benzene rings is 3. The summed E-state index contributed by atoms with van der Waals surface area (Å²) in [5.41, 5.74) is 1.41. The minimum atomic E-state index is -2.15. The Morgan fingerprint density at radius 3 is 1.47 bits per heavy atom. The summed E-state index contributed by atoms with van der Waals surface area (Å²) >= 11 is 0. The van der Waals surface area contributed by atoms with Crippen LogP contribution in [0.2, 0.25) is 6.04 Å². The molecule has 0 saturated heterocycles. The first-order valence-corrected chi connectivity index (χ1v) is 13.1. The van der Waals surface area contributed by atoms with Crippen LogP contribution in [0.1, 0.15) is 31.2 Å². The zero-order chi connectivity index (χ0) is 20.7. The highest BCUT2D eigenvalue weighted by molar-refractivity contribution is 7.11. The van der Waals surface area contributed by atoms with Crippen LogP contribution in [-0.2, 0) is 0 Å². The summed E-state index contributed by atoms with van der Waals surface area (Å²) in [6.45, 7) is 2.31. The van der Waals surface area contributed by atoms with Crippen molar-refractivity contribution in [3.63, 3.8) is 0 Å². The lowest BCUT2D eigenvalue weighted by Gasteiger charge is -2.35. The molecular weight excluding hydrogens is 378 g/mol. The summed E-state index contributed by atoms with van der Waals surface area (Å²) in [7, 11) is -2.15. The second kappa shape index (κ2) is 9.68. The van der Waals surface area contributed by atoms with Crippen LogP contribution in [0.15, 0.2) is 116 Å². The largest absolute Gasteiger partial charge is 0.265 e. The Bertz CT molecular complexity index is 921. The van der Waals surface area contributed by atoms with Gasteiger partial charge in [-0.2, -0.15) is 0 Å². The van der Waals surface area contributed by atoms with Crippen LogP contribution in [0.4, 0.5) is 0 Å². The van der Waals surface area contributed by atoms with E-state index in [9.17, 15) is 0 Å². The van der Waals surface area contributed by atoms with Crippen molar-refractivity contribution < 1.29 is 0 Å². The molecule has 4 aromatic rings. The van der Waals surface area contributed by atoms with E-state index in [1.165, 1.54) is 33.6 Å². The quantitative estimate of drug-likeness (QED) is 0.291. The van der Waals surface area contributed by atoms with E-state index >= 15 is 0 Å². The minimum Gasteiger partial charge on any atom is -0.265 e. The first kappa shape index (κ1) is 20.3. The molecule has 1 nitrogen and oxygen atoms in total. The molecule has 0 N–H and O–H groups in total. The third-order valence-corrected chi connectivity index (χ3v) is 11.3. The lowest BCUT2D eigenvalue weighted by atomic mass is 9.95. The van der Waals surface area contributed by atoms with Crippen molar-refractivity contribution in [3.8, 4) is 0 Å². The van der Waals surface area contributed by atoms with Crippen molar-refractivity contribution in [2.45, 2.75) is 31.7 Å². The number of rotatable bonds is 8. The first-order valence-electron chi connectivity index (χ1n) is 10.9. The van der Waals surface area contributed by atoms with E-state index in [1.807, 2.05) is 12.4 Å². The van der Waals surface area contributed by atoms with Gasteiger partial charge in [0.25, 0.3) is 0 Å². The van der Waals surface area contributed by atoms with Gasteiger partial charge in [-0.15, -0.1) is 0 Å². The molecule has 0 spiro atoms. The average Bonchev–Trinajstić information content (AvgIpc) is 2.84. The molecule has 2 heteroatoms. The minimum absolute atomic E-state index is 0.552. The van der Waals surface area contributed by atoms with E-state index in [1.54, 1.807) is 0 Å². The molecule has 1 unspecified atom stereocenters. The van der Waals surface area contributed by atoms with Crippen LogP contribution in [0.3, 0.4) is 0 Å². The highest BCUT2D eigenvalue weighted by Crippen LogP contribution is 2.28. The summed E-state index contributed by atoms with van der Waals surface area (Å²) in [5.74, 6) is 0.552. The van der Waals surface area contributed by atoms with E-state index in [4.69, 9.17) is 0 Å². The number of aromatic nitrogens is 1. The molecule has 0 radical (unpaired) electrons. The van der Waals surface area contributed by atoms with Gasteiger partial charge in [0.05, 0.1) is 0 Å². The molecule has 0 bridgehead atoms. The number of hydrogen-bond acceptors (Lipinski definition) is 1. The van der Waals surface area contributed by atoms with Crippen molar-refractivity contribution in [2.24, 2.45) is 0 Å². The maximum absolute atomic E-state index is 4.22. The molecule has 3 aromatic carbocycles. The zero-order valence-corrected chi connectivity index (χ0v) is 18.6. The third-order valence-electron chi connectivity index (χ3n) is 6.34. The summed E-state index contributed by atoms with van der Waals surface area (Å²) in [6, 6.07) is 39.2. The Hall–Kier alpha value is -2.97. The Kier molecular flexibility index (Phi) is 6.56. The fraction of sp³-hybridized carbons (Fsp3) is 0.179. The van der Waals surface area contributed by atoms with Crippen LogP contribution in [-0.4, -0.2) is 13.1 Å². The fourth-order valence-corrected chi connectivity index (χ4v) is 9.67. The van der Waals surface area contributed by atoms with Gasteiger partial charge < -0.3 is 0 Å². The molecule has 0 aliphatic carbocycles. The average molecular weight is 408 g/mol. The van der Waals surface area contributed by atoms with Crippen molar-refractivity contribution in [1.82, 2.24) is 4.98 Å². The molecule has 1 atom stereocenters. The van der Waals surface area contributed by atoms with Gasteiger partial charge >= 0.3 is 0 Å². The fourth-order valence-electron chi connectivity index (χ4n) is 4.73. The molecule has 0 fully saturated rings. The molecule has 4 rings (SSSR count). The molecule has 0 aliphatic heterocycles. The zero-order valence-electron chi connectivity index (χ0n) is 17.6. The number of pyridine rings is 1. The predicted octanol–water partition coefficient (Wildman–Crippen LogP) is 5.14. The monoisotopic (exact) mass is 407 g/mol. The first-order chi connectivity index (χ1) is 14.8. The smallest absolute Gasteiger partial charge is 0.148 e. The number of hydrogen-bond donors (Lipinski definition) is 0. The Labute approximate surface area is 181 Å². The summed E-state index contributed by atoms with van der Waals surface area (Å²) in [4.78, 5) is 4.22. The van der Waals surface area contributed by atoms with Gasteiger partial charge in [-0.3, -0.25) is 4.98 Å².